The first-order valence-electron chi connectivity index (χ1n) is 4.56. The van der Waals surface area contributed by atoms with Crippen molar-refractivity contribution in [1.29, 1.82) is 0 Å². The maximum atomic E-state index is 3.83. The van der Waals surface area contributed by atoms with Crippen molar-refractivity contribution in [1.82, 2.24) is 10.3 Å². The lowest BCUT2D eigenvalue weighted by Crippen LogP contribution is -2.23. The number of nitrogens with one attached hydrogen (secondary N) is 2. The summed E-state index contributed by atoms with van der Waals surface area (Å²) in [7, 11) is 0. The van der Waals surface area contributed by atoms with Gasteiger partial charge in [-0.1, -0.05) is 19.2 Å². The van der Waals surface area contributed by atoms with Crippen molar-refractivity contribution in [2.75, 3.05) is 6.54 Å². The molecule has 0 amide bonds. The molecular formula is C11H14N2. The highest BCUT2D eigenvalue weighted by Crippen LogP contribution is 2.23. The normalized spacial score (nSPS) is 15.1. The van der Waals surface area contributed by atoms with E-state index >= 15 is 0 Å². The molecule has 2 nitrogen and oxygen atoms in total. The average molecular weight is 174 g/mol. The van der Waals surface area contributed by atoms with Gasteiger partial charge in [0.05, 0.1) is 0 Å². The first-order valence-corrected chi connectivity index (χ1v) is 4.56. The van der Waals surface area contributed by atoms with Gasteiger partial charge in [-0.2, -0.15) is 0 Å². The van der Waals surface area contributed by atoms with Gasteiger partial charge in [-0.15, -0.1) is 0 Å². The molecule has 0 fully saturated rings. The molecule has 0 spiro atoms. The predicted molar refractivity (Wildman–Crippen MR) is 56.4 cm³/mol. The molecule has 0 aliphatic carbocycles. The lowest BCUT2D eigenvalue weighted by Gasteiger charge is -2.12. The van der Waals surface area contributed by atoms with Gasteiger partial charge in [0, 0.05) is 23.5 Å². The van der Waals surface area contributed by atoms with Gasteiger partial charge < -0.3 is 10.3 Å². The number of hydrogen-bond donors (Lipinski definition) is 2. The molecule has 1 aliphatic rings. The van der Waals surface area contributed by atoms with E-state index in [0.717, 1.165) is 25.2 Å². The molecule has 2 rings (SSSR count). The third-order valence-electron chi connectivity index (χ3n) is 2.53. The Bertz CT molecular complexity index is 347. The summed E-state index contributed by atoms with van der Waals surface area (Å²) >= 11 is 0. The second-order valence-corrected chi connectivity index (χ2v) is 3.24. The summed E-state index contributed by atoms with van der Waals surface area (Å²) in [5, 5.41) is 3.33. The topological polar surface area (TPSA) is 27.8 Å². The molecule has 0 atom stereocenters. The van der Waals surface area contributed by atoms with Gasteiger partial charge in [-0.3, -0.25) is 0 Å². The number of aromatic amines is 1. The van der Waals surface area contributed by atoms with E-state index in [9.17, 15) is 0 Å². The zero-order valence-electron chi connectivity index (χ0n) is 7.69. The summed E-state index contributed by atoms with van der Waals surface area (Å²) in [6.07, 6.45) is 4.86. The standard InChI is InChI=1S/C11H14N2/c1-3-8-9-5-6-12-7-11(9)13-10(8)4-2/h3-4,12-13H,1-2,5-7H2. The van der Waals surface area contributed by atoms with Gasteiger partial charge in [-0.05, 0) is 24.6 Å². The highest BCUT2D eigenvalue weighted by Gasteiger charge is 2.15. The minimum absolute atomic E-state index is 0.935. The fraction of sp³-hybridized carbons (Fsp3) is 0.273. The van der Waals surface area contributed by atoms with Gasteiger partial charge in [0.2, 0.25) is 0 Å². The molecule has 1 aromatic heterocycles. The zero-order chi connectivity index (χ0) is 9.26. The summed E-state index contributed by atoms with van der Waals surface area (Å²) < 4.78 is 0. The lowest BCUT2D eigenvalue weighted by atomic mass is 10.0. The fourth-order valence-electron chi connectivity index (χ4n) is 1.89. The minimum Gasteiger partial charge on any atom is -0.357 e. The number of H-pyrrole nitrogens is 1. The lowest BCUT2D eigenvalue weighted by molar-refractivity contribution is 0.634. The first-order chi connectivity index (χ1) is 6.36. The van der Waals surface area contributed by atoms with Gasteiger partial charge in [0.1, 0.15) is 0 Å². The molecule has 68 valence electrons. The SMILES string of the molecule is C=Cc1[nH]c2c(c1C=C)CCNC2. The van der Waals surface area contributed by atoms with E-state index in [1.54, 1.807) is 0 Å². The van der Waals surface area contributed by atoms with Gasteiger partial charge in [-0.25, -0.2) is 0 Å². The van der Waals surface area contributed by atoms with E-state index in [1.165, 1.54) is 16.8 Å². The van der Waals surface area contributed by atoms with Crippen molar-refractivity contribution >= 4 is 12.2 Å². The molecule has 0 unspecified atom stereocenters. The Morgan fingerprint density at radius 1 is 1.23 bits per heavy atom. The number of aromatic nitrogens is 1. The summed E-state index contributed by atoms with van der Waals surface area (Å²) in [5.74, 6) is 0. The highest BCUT2D eigenvalue weighted by atomic mass is 14.9. The zero-order valence-corrected chi connectivity index (χ0v) is 7.69. The van der Waals surface area contributed by atoms with Crippen LogP contribution in [0.1, 0.15) is 22.5 Å². The number of rotatable bonds is 2. The van der Waals surface area contributed by atoms with E-state index in [-0.39, 0.29) is 0 Å². The van der Waals surface area contributed by atoms with Crippen LogP contribution in [0, 0.1) is 0 Å². The van der Waals surface area contributed by atoms with Gasteiger partial charge >= 0.3 is 0 Å². The molecule has 13 heavy (non-hydrogen) atoms. The predicted octanol–water partition coefficient (Wildman–Crippen LogP) is 1.95. The number of hydrogen-bond acceptors (Lipinski definition) is 1. The Labute approximate surface area is 78.4 Å². The highest BCUT2D eigenvalue weighted by molar-refractivity contribution is 5.66. The molecule has 2 heteroatoms. The van der Waals surface area contributed by atoms with Crippen molar-refractivity contribution in [2.45, 2.75) is 13.0 Å². The minimum atomic E-state index is 0.935. The van der Waals surface area contributed by atoms with Gasteiger partial charge in [0.15, 0.2) is 0 Å². The first kappa shape index (κ1) is 8.32. The van der Waals surface area contributed by atoms with E-state index in [0.29, 0.717) is 0 Å². The maximum Gasteiger partial charge on any atom is 0.0453 e. The second-order valence-electron chi connectivity index (χ2n) is 3.24. The van der Waals surface area contributed by atoms with Crippen LogP contribution >= 0.6 is 0 Å². The van der Waals surface area contributed by atoms with Crippen molar-refractivity contribution in [2.24, 2.45) is 0 Å². The summed E-state index contributed by atoms with van der Waals surface area (Å²) in [6, 6.07) is 0. The summed E-state index contributed by atoms with van der Waals surface area (Å²) in [5.41, 5.74) is 5.02. The van der Waals surface area contributed by atoms with Crippen molar-refractivity contribution in [3.05, 3.63) is 35.7 Å². The largest absolute Gasteiger partial charge is 0.357 e. The van der Waals surface area contributed by atoms with Crippen LogP contribution in [0.4, 0.5) is 0 Å². The van der Waals surface area contributed by atoms with Crippen LogP contribution in [0.5, 0.6) is 0 Å². The van der Waals surface area contributed by atoms with Crippen molar-refractivity contribution in [3.63, 3.8) is 0 Å². The van der Waals surface area contributed by atoms with E-state index < -0.39 is 0 Å². The van der Waals surface area contributed by atoms with Crippen LogP contribution in [-0.4, -0.2) is 11.5 Å². The molecule has 0 saturated heterocycles. The van der Waals surface area contributed by atoms with Crippen molar-refractivity contribution in [3.8, 4) is 0 Å². The Kier molecular flexibility index (Phi) is 2.07. The molecule has 0 saturated carbocycles. The second kappa shape index (κ2) is 3.23. The van der Waals surface area contributed by atoms with E-state index in [2.05, 4.69) is 23.5 Å². The summed E-state index contributed by atoms with van der Waals surface area (Å²) in [4.78, 5) is 3.35. The van der Waals surface area contributed by atoms with Crippen LogP contribution in [-0.2, 0) is 13.0 Å². The molecular weight excluding hydrogens is 160 g/mol. The molecule has 0 radical (unpaired) electrons. The average Bonchev–Trinajstić information content (AvgIpc) is 2.55. The molecule has 0 aromatic carbocycles. The van der Waals surface area contributed by atoms with Crippen LogP contribution in [0.15, 0.2) is 13.2 Å². The number of fused-ring (bicyclic) bond motifs is 1. The van der Waals surface area contributed by atoms with E-state index in [4.69, 9.17) is 0 Å². The van der Waals surface area contributed by atoms with Crippen LogP contribution < -0.4 is 5.32 Å². The Morgan fingerprint density at radius 3 is 2.77 bits per heavy atom. The third kappa shape index (κ3) is 1.23. The Balaban J connectivity index is 2.56. The van der Waals surface area contributed by atoms with Crippen LogP contribution in [0.2, 0.25) is 0 Å². The summed E-state index contributed by atoms with van der Waals surface area (Å²) in [6.45, 7) is 9.61. The smallest absolute Gasteiger partial charge is 0.0453 e. The molecule has 1 aliphatic heterocycles. The Morgan fingerprint density at radius 2 is 2.08 bits per heavy atom. The molecule has 2 heterocycles. The van der Waals surface area contributed by atoms with Crippen LogP contribution in [0.3, 0.4) is 0 Å². The molecule has 0 bridgehead atoms. The fourth-order valence-corrected chi connectivity index (χ4v) is 1.89. The Hall–Kier alpha value is -1.28. The van der Waals surface area contributed by atoms with Crippen LogP contribution in [0.25, 0.3) is 12.2 Å². The van der Waals surface area contributed by atoms with Gasteiger partial charge in [0.25, 0.3) is 0 Å². The quantitative estimate of drug-likeness (QED) is 0.704. The van der Waals surface area contributed by atoms with Crippen molar-refractivity contribution < 1.29 is 0 Å². The maximum absolute atomic E-state index is 3.83. The third-order valence-corrected chi connectivity index (χ3v) is 2.53. The molecule has 2 N–H and O–H groups in total. The molecule has 1 aromatic rings. The van der Waals surface area contributed by atoms with E-state index in [1.807, 2.05) is 12.2 Å². The monoisotopic (exact) mass is 174 g/mol.